The van der Waals surface area contributed by atoms with E-state index in [1.165, 1.54) is 12.1 Å². The molecule has 1 heterocycles. The molecule has 0 aliphatic carbocycles. The van der Waals surface area contributed by atoms with Gasteiger partial charge in [-0.3, -0.25) is 5.32 Å². The summed E-state index contributed by atoms with van der Waals surface area (Å²) in [5, 5.41) is 13.6. The molecule has 4 rings (SSSR count). The van der Waals surface area contributed by atoms with Gasteiger partial charge < -0.3 is 18.8 Å². The van der Waals surface area contributed by atoms with Crippen LogP contribution < -0.4 is 10.1 Å². The van der Waals surface area contributed by atoms with Crippen molar-refractivity contribution in [2.75, 3.05) is 25.6 Å². The topological polar surface area (TPSA) is 85.5 Å². The van der Waals surface area contributed by atoms with Crippen molar-refractivity contribution in [1.82, 2.24) is 4.57 Å². The molecule has 0 aliphatic heterocycles. The van der Waals surface area contributed by atoms with Crippen molar-refractivity contribution in [2.45, 2.75) is 32.9 Å². The Balaban J connectivity index is 1.58. The van der Waals surface area contributed by atoms with Crippen molar-refractivity contribution in [1.29, 1.82) is 5.26 Å². The molecule has 7 nitrogen and oxygen atoms in total. The Morgan fingerprint density at radius 3 is 2.37 bits per heavy atom. The molecule has 8 heteroatoms. The third-order valence-corrected chi connectivity index (χ3v) is 6.19. The first-order valence-corrected chi connectivity index (χ1v) is 12.4. The molecule has 0 fully saturated rings. The fraction of sp³-hybridized carbons (Fsp3) is 0.267. The number of amides is 1. The maximum absolute atomic E-state index is 13.2. The van der Waals surface area contributed by atoms with Gasteiger partial charge in [-0.15, -0.1) is 0 Å². The van der Waals surface area contributed by atoms with E-state index in [4.69, 9.17) is 14.2 Å². The van der Waals surface area contributed by atoms with Crippen molar-refractivity contribution in [2.24, 2.45) is 0 Å². The quantitative estimate of drug-likeness (QED) is 0.238. The molecule has 1 N–H and O–H groups in total. The van der Waals surface area contributed by atoms with E-state index in [2.05, 4.69) is 29.8 Å². The number of halogens is 1. The number of anilines is 1. The van der Waals surface area contributed by atoms with Crippen LogP contribution in [0.15, 0.2) is 66.7 Å². The molecule has 0 bridgehead atoms. The zero-order chi connectivity index (χ0) is 27.2. The standard InChI is InChI=1S/C30H30FN3O4/c1-19(2)34-28-17-25(37-16-15-36-4)13-14-26(28)27(18-32)29(34)22-7-11-24(12-8-22)33-30(35)38-20(3)21-5-9-23(31)10-6-21/h5-14,17,19-20H,15-16H2,1-4H3,(H,33,35)/t20-/m1/s1. The van der Waals surface area contributed by atoms with Crippen molar-refractivity contribution in [3.05, 3.63) is 83.7 Å². The lowest BCUT2D eigenvalue weighted by Crippen LogP contribution is -2.16. The number of carbonyl (C=O) groups is 1. The van der Waals surface area contributed by atoms with Crippen LogP contribution in [0.1, 0.15) is 44.0 Å². The molecule has 0 aliphatic rings. The first-order valence-electron chi connectivity index (χ1n) is 12.4. The number of hydrogen-bond acceptors (Lipinski definition) is 5. The van der Waals surface area contributed by atoms with Crippen LogP contribution in [-0.4, -0.2) is 31.0 Å². The van der Waals surface area contributed by atoms with E-state index >= 15 is 0 Å². The predicted molar refractivity (Wildman–Crippen MR) is 145 cm³/mol. The van der Waals surface area contributed by atoms with Crippen LogP contribution in [0, 0.1) is 17.1 Å². The largest absolute Gasteiger partial charge is 0.491 e. The smallest absolute Gasteiger partial charge is 0.412 e. The number of hydrogen-bond donors (Lipinski definition) is 1. The molecule has 0 spiro atoms. The minimum atomic E-state index is -0.621. The van der Waals surface area contributed by atoms with E-state index in [0.717, 1.165) is 22.2 Å². The van der Waals surface area contributed by atoms with Crippen LogP contribution in [0.3, 0.4) is 0 Å². The molecule has 4 aromatic rings. The van der Waals surface area contributed by atoms with E-state index in [1.54, 1.807) is 38.3 Å². The minimum absolute atomic E-state index is 0.0737. The fourth-order valence-corrected chi connectivity index (χ4v) is 4.38. The monoisotopic (exact) mass is 515 g/mol. The van der Waals surface area contributed by atoms with E-state index in [1.807, 2.05) is 30.3 Å². The molecule has 0 unspecified atom stereocenters. The number of nitriles is 1. The number of nitrogens with one attached hydrogen (secondary N) is 1. The van der Waals surface area contributed by atoms with Gasteiger partial charge in [0.2, 0.25) is 0 Å². The summed E-state index contributed by atoms with van der Waals surface area (Å²) in [6.45, 7) is 6.77. The molecule has 3 aromatic carbocycles. The lowest BCUT2D eigenvalue weighted by Gasteiger charge is -2.16. The highest BCUT2D eigenvalue weighted by Crippen LogP contribution is 2.38. The molecule has 0 saturated carbocycles. The van der Waals surface area contributed by atoms with Gasteiger partial charge in [-0.1, -0.05) is 24.3 Å². The lowest BCUT2D eigenvalue weighted by atomic mass is 10.1. The fourth-order valence-electron chi connectivity index (χ4n) is 4.38. The molecule has 0 radical (unpaired) electrons. The normalized spacial score (nSPS) is 11.8. The number of aromatic nitrogens is 1. The lowest BCUT2D eigenvalue weighted by molar-refractivity contribution is 0.121. The van der Waals surface area contributed by atoms with Gasteiger partial charge in [-0.2, -0.15) is 5.26 Å². The zero-order valence-corrected chi connectivity index (χ0v) is 21.8. The summed E-state index contributed by atoms with van der Waals surface area (Å²) in [5.74, 6) is 0.357. The van der Waals surface area contributed by atoms with E-state index in [-0.39, 0.29) is 11.9 Å². The van der Waals surface area contributed by atoms with Gasteiger partial charge in [0, 0.05) is 30.3 Å². The van der Waals surface area contributed by atoms with E-state index in [0.29, 0.717) is 35.8 Å². The number of ether oxygens (including phenoxy) is 3. The second-order valence-corrected chi connectivity index (χ2v) is 9.12. The van der Waals surface area contributed by atoms with Crippen molar-refractivity contribution < 1.29 is 23.4 Å². The number of nitrogens with zero attached hydrogens (tertiary/aromatic N) is 2. The number of benzene rings is 3. The Bertz CT molecular complexity index is 1450. The molecule has 38 heavy (non-hydrogen) atoms. The number of methoxy groups -OCH3 is 1. The predicted octanol–water partition coefficient (Wildman–Crippen LogP) is 7.23. The van der Waals surface area contributed by atoms with Crippen molar-refractivity contribution >= 4 is 22.7 Å². The number of fused-ring (bicyclic) bond motifs is 1. The van der Waals surface area contributed by atoms with Gasteiger partial charge in [0.25, 0.3) is 0 Å². The maximum Gasteiger partial charge on any atom is 0.412 e. The second-order valence-electron chi connectivity index (χ2n) is 9.12. The Labute approximate surface area is 221 Å². The highest BCUT2D eigenvalue weighted by molar-refractivity contribution is 5.95. The molecule has 0 saturated heterocycles. The van der Waals surface area contributed by atoms with Crippen LogP contribution in [0.5, 0.6) is 5.75 Å². The van der Waals surface area contributed by atoms with Gasteiger partial charge in [0.1, 0.15) is 30.3 Å². The molecule has 196 valence electrons. The van der Waals surface area contributed by atoms with Crippen LogP contribution in [0.2, 0.25) is 0 Å². The van der Waals surface area contributed by atoms with E-state index < -0.39 is 12.2 Å². The summed E-state index contributed by atoms with van der Waals surface area (Å²) in [6.07, 6.45) is -1.16. The minimum Gasteiger partial charge on any atom is -0.491 e. The molecule has 1 aromatic heterocycles. The van der Waals surface area contributed by atoms with Crippen molar-refractivity contribution in [3.63, 3.8) is 0 Å². The van der Waals surface area contributed by atoms with Gasteiger partial charge in [0.05, 0.1) is 23.4 Å². The molecule has 1 amide bonds. The summed E-state index contributed by atoms with van der Waals surface area (Å²) in [6, 6.07) is 21.2. The van der Waals surface area contributed by atoms with Crippen LogP contribution >= 0.6 is 0 Å². The highest BCUT2D eigenvalue weighted by Gasteiger charge is 2.21. The Kier molecular flexibility index (Phi) is 8.29. The van der Waals surface area contributed by atoms with Crippen LogP contribution in [0.4, 0.5) is 14.9 Å². The Hall–Kier alpha value is -4.35. The van der Waals surface area contributed by atoms with Crippen molar-refractivity contribution in [3.8, 4) is 23.1 Å². The third-order valence-electron chi connectivity index (χ3n) is 6.19. The average molecular weight is 516 g/mol. The first-order chi connectivity index (χ1) is 18.3. The third kappa shape index (κ3) is 5.79. The molecule has 1 atom stereocenters. The highest BCUT2D eigenvalue weighted by atomic mass is 19.1. The zero-order valence-electron chi connectivity index (χ0n) is 21.8. The summed E-state index contributed by atoms with van der Waals surface area (Å²) in [7, 11) is 1.63. The second kappa shape index (κ2) is 11.8. The number of rotatable bonds is 9. The SMILES string of the molecule is COCCOc1ccc2c(C#N)c(-c3ccc(NC(=O)O[C@H](C)c4ccc(F)cc4)cc3)n(C(C)C)c2c1. The maximum atomic E-state index is 13.2. The summed E-state index contributed by atoms with van der Waals surface area (Å²) in [4.78, 5) is 12.4. The number of carbonyl (C=O) groups excluding carboxylic acids is 1. The molecular formula is C30H30FN3O4. The summed E-state index contributed by atoms with van der Waals surface area (Å²) < 4.78 is 31.6. The Morgan fingerprint density at radius 2 is 1.74 bits per heavy atom. The van der Waals surface area contributed by atoms with Gasteiger partial charge in [-0.05, 0) is 68.3 Å². The summed E-state index contributed by atoms with van der Waals surface area (Å²) >= 11 is 0. The first kappa shape index (κ1) is 26.7. The Morgan fingerprint density at radius 1 is 1.03 bits per heavy atom. The van der Waals surface area contributed by atoms with Gasteiger partial charge >= 0.3 is 6.09 Å². The van der Waals surface area contributed by atoms with Crippen LogP contribution in [-0.2, 0) is 9.47 Å². The summed E-state index contributed by atoms with van der Waals surface area (Å²) in [5.41, 5.74) is 4.35. The van der Waals surface area contributed by atoms with E-state index in [9.17, 15) is 14.4 Å². The van der Waals surface area contributed by atoms with Gasteiger partial charge in [0.15, 0.2) is 0 Å². The van der Waals surface area contributed by atoms with Gasteiger partial charge in [-0.25, -0.2) is 9.18 Å². The van der Waals surface area contributed by atoms with Crippen LogP contribution in [0.25, 0.3) is 22.2 Å². The average Bonchev–Trinajstić information content (AvgIpc) is 3.23. The molecular weight excluding hydrogens is 485 g/mol.